The number of anilines is 1. The van der Waals surface area contributed by atoms with Crippen molar-refractivity contribution in [1.29, 1.82) is 0 Å². The third kappa shape index (κ3) is 4.18. The first kappa shape index (κ1) is 24.8. The van der Waals surface area contributed by atoms with Crippen LogP contribution in [-0.4, -0.2) is 35.4 Å². The molecule has 1 N–H and O–H groups in total. The van der Waals surface area contributed by atoms with E-state index in [2.05, 4.69) is 21.4 Å². The van der Waals surface area contributed by atoms with Crippen LogP contribution in [0, 0.1) is 5.92 Å². The monoisotopic (exact) mass is 587 g/mol. The molecule has 10 heteroatoms. The van der Waals surface area contributed by atoms with Gasteiger partial charge in [0, 0.05) is 20.6 Å². The number of nitrogens with one attached hydrogen (secondary N) is 1. The van der Waals surface area contributed by atoms with Gasteiger partial charge in [-0.1, -0.05) is 63.4 Å². The summed E-state index contributed by atoms with van der Waals surface area (Å²) in [7, 11) is 0. The smallest absolute Gasteiger partial charge is 0.268 e. The molecule has 2 fully saturated rings. The number of nitrogens with zero attached hydrogens (tertiary/aromatic N) is 2. The average molecular weight is 589 g/mol. The molecule has 36 heavy (non-hydrogen) atoms. The summed E-state index contributed by atoms with van der Waals surface area (Å²) >= 11 is 15.8. The zero-order valence-corrected chi connectivity index (χ0v) is 22.0. The first-order valence-electron chi connectivity index (χ1n) is 11.2. The highest BCUT2D eigenvalue weighted by Crippen LogP contribution is 2.45. The second kappa shape index (κ2) is 9.86. The number of amides is 3. The molecule has 0 bridgehead atoms. The SMILES string of the molecule is CCOc1ccccc1[C@@H]1NN(C(=O)c2cccc(Br)c2)[C@@H]2C(=O)N(c3ccc(Cl)cc3Cl)C(=O)[C@@H]21. The van der Waals surface area contributed by atoms with E-state index in [1.165, 1.54) is 17.1 Å². The number of carbonyl (C=O) groups is 3. The van der Waals surface area contributed by atoms with Gasteiger partial charge in [-0.2, -0.15) is 0 Å². The Labute approximate surface area is 226 Å². The van der Waals surface area contributed by atoms with Crippen LogP contribution >= 0.6 is 39.1 Å². The fraction of sp³-hybridized carbons (Fsp3) is 0.192. The second-order valence-electron chi connectivity index (χ2n) is 8.34. The van der Waals surface area contributed by atoms with Crippen LogP contribution in [-0.2, 0) is 9.59 Å². The highest BCUT2D eigenvalue weighted by Gasteiger charge is 2.61. The number of para-hydroxylation sites is 1. The largest absolute Gasteiger partial charge is 0.494 e. The van der Waals surface area contributed by atoms with Crippen LogP contribution in [0.3, 0.4) is 0 Å². The van der Waals surface area contributed by atoms with Crippen LogP contribution < -0.4 is 15.1 Å². The van der Waals surface area contributed by atoms with Gasteiger partial charge in [0.1, 0.15) is 11.8 Å². The normalized spacial score (nSPS) is 21.2. The highest BCUT2D eigenvalue weighted by molar-refractivity contribution is 9.10. The van der Waals surface area contributed by atoms with Crippen LogP contribution in [0.1, 0.15) is 28.9 Å². The quantitative estimate of drug-likeness (QED) is 0.403. The van der Waals surface area contributed by atoms with Gasteiger partial charge in [0.2, 0.25) is 5.91 Å². The fourth-order valence-corrected chi connectivity index (χ4v) is 5.61. The Morgan fingerprint density at radius 2 is 1.81 bits per heavy atom. The molecule has 2 aliphatic rings. The molecule has 2 saturated heterocycles. The first-order chi connectivity index (χ1) is 17.3. The summed E-state index contributed by atoms with van der Waals surface area (Å²) in [6, 6.07) is 16.9. The minimum Gasteiger partial charge on any atom is -0.494 e. The van der Waals surface area contributed by atoms with Crippen molar-refractivity contribution in [3.8, 4) is 5.75 Å². The number of imide groups is 1. The number of ether oxygens (including phenoxy) is 1. The lowest BCUT2D eigenvalue weighted by atomic mass is 9.90. The molecular formula is C26H20BrCl2N3O4. The van der Waals surface area contributed by atoms with Crippen molar-refractivity contribution in [1.82, 2.24) is 10.4 Å². The fourth-order valence-electron chi connectivity index (χ4n) is 4.72. The van der Waals surface area contributed by atoms with E-state index < -0.39 is 35.7 Å². The van der Waals surface area contributed by atoms with Crippen LogP contribution in [0.15, 0.2) is 71.2 Å². The number of hydrogen-bond acceptors (Lipinski definition) is 5. The van der Waals surface area contributed by atoms with E-state index in [4.69, 9.17) is 27.9 Å². The zero-order valence-electron chi connectivity index (χ0n) is 19.0. The number of fused-ring (bicyclic) bond motifs is 1. The zero-order chi connectivity index (χ0) is 25.6. The molecule has 0 aromatic heterocycles. The van der Waals surface area contributed by atoms with Gasteiger partial charge in [-0.15, -0.1) is 0 Å². The summed E-state index contributed by atoms with van der Waals surface area (Å²) in [6.45, 7) is 2.27. The van der Waals surface area contributed by atoms with Crippen LogP contribution in [0.5, 0.6) is 5.75 Å². The topological polar surface area (TPSA) is 79.0 Å². The predicted octanol–water partition coefficient (Wildman–Crippen LogP) is 5.41. The van der Waals surface area contributed by atoms with Gasteiger partial charge in [0.05, 0.1) is 29.3 Å². The van der Waals surface area contributed by atoms with Gasteiger partial charge < -0.3 is 4.74 Å². The molecule has 3 aromatic carbocycles. The third-order valence-electron chi connectivity index (χ3n) is 6.23. The maximum absolute atomic E-state index is 13.8. The van der Waals surface area contributed by atoms with E-state index in [0.29, 0.717) is 33.0 Å². The third-order valence-corrected chi connectivity index (χ3v) is 7.26. The number of carbonyl (C=O) groups excluding carboxylic acids is 3. The Kier molecular flexibility index (Phi) is 6.78. The van der Waals surface area contributed by atoms with Crippen molar-refractivity contribution in [3.05, 3.63) is 92.4 Å². The summed E-state index contributed by atoms with van der Waals surface area (Å²) < 4.78 is 6.52. The number of hydrazine groups is 1. The van der Waals surface area contributed by atoms with Crippen molar-refractivity contribution in [2.24, 2.45) is 5.92 Å². The van der Waals surface area contributed by atoms with E-state index in [1.807, 2.05) is 25.1 Å². The number of rotatable bonds is 5. The van der Waals surface area contributed by atoms with E-state index in [9.17, 15) is 14.4 Å². The van der Waals surface area contributed by atoms with Gasteiger partial charge in [-0.05, 0) is 49.4 Å². The number of benzene rings is 3. The van der Waals surface area contributed by atoms with Crippen LogP contribution in [0.2, 0.25) is 10.0 Å². The predicted molar refractivity (Wildman–Crippen MR) is 140 cm³/mol. The molecule has 7 nitrogen and oxygen atoms in total. The van der Waals surface area contributed by atoms with Crippen LogP contribution in [0.4, 0.5) is 5.69 Å². The molecule has 3 amide bonds. The summed E-state index contributed by atoms with van der Waals surface area (Å²) in [6.07, 6.45) is 0. The Hall–Kier alpha value is -2.91. The minimum atomic E-state index is -1.09. The Bertz CT molecular complexity index is 1380. The lowest BCUT2D eigenvalue weighted by Crippen LogP contribution is -2.48. The van der Waals surface area contributed by atoms with E-state index in [1.54, 1.807) is 36.4 Å². The van der Waals surface area contributed by atoms with Crippen LogP contribution in [0.25, 0.3) is 0 Å². The second-order valence-corrected chi connectivity index (χ2v) is 10.1. The van der Waals surface area contributed by atoms with Crippen molar-refractivity contribution in [2.75, 3.05) is 11.5 Å². The van der Waals surface area contributed by atoms with E-state index >= 15 is 0 Å². The Morgan fingerprint density at radius 3 is 2.53 bits per heavy atom. The summed E-state index contributed by atoms with van der Waals surface area (Å²) in [4.78, 5) is 42.3. The van der Waals surface area contributed by atoms with Crippen molar-refractivity contribution in [3.63, 3.8) is 0 Å². The van der Waals surface area contributed by atoms with Crippen molar-refractivity contribution in [2.45, 2.75) is 19.0 Å². The average Bonchev–Trinajstić information content (AvgIpc) is 3.36. The molecule has 0 aliphatic carbocycles. The molecule has 184 valence electrons. The maximum Gasteiger partial charge on any atom is 0.268 e. The van der Waals surface area contributed by atoms with Gasteiger partial charge in [-0.3, -0.25) is 19.4 Å². The molecule has 0 saturated carbocycles. The van der Waals surface area contributed by atoms with Gasteiger partial charge in [0.15, 0.2) is 0 Å². The lowest BCUT2D eigenvalue weighted by Gasteiger charge is -2.26. The van der Waals surface area contributed by atoms with Gasteiger partial charge in [0.25, 0.3) is 11.8 Å². The highest BCUT2D eigenvalue weighted by atomic mass is 79.9. The van der Waals surface area contributed by atoms with Gasteiger partial charge in [-0.25, -0.2) is 10.3 Å². The van der Waals surface area contributed by atoms with Gasteiger partial charge >= 0.3 is 0 Å². The lowest BCUT2D eigenvalue weighted by molar-refractivity contribution is -0.123. The summed E-state index contributed by atoms with van der Waals surface area (Å²) in [5.74, 6) is -1.80. The van der Waals surface area contributed by atoms with Crippen molar-refractivity contribution < 1.29 is 19.1 Å². The molecule has 2 heterocycles. The van der Waals surface area contributed by atoms with E-state index in [-0.39, 0.29) is 10.7 Å². The molecule has 0 spiro atoms. The molecule has 3 atom stereocenters. The number of hydrogen-bond donors (Lipinski definition) is 1. The summed E-state index contributed by atoms with van der Waals surface area (Å²) in [5.41, 5.74) is 4.40. The van der Waals surface area contributed by atoms with Crippen molar-refractivity contribution >= 4 is 62.5 Å². The Morgan fingerprint density at radius 1 is 1.03 bits per heavy atom. The molecule has 2 aliphatic heterocycles. The number of halogens is 3. The molecule has 0 radical (unpaired) electrons. The van der Waals surface area contributed by atoms with E-state index in [0.717, 1.165) is 4.90 Å². The molecule has 5 rings (SSSR count). The molecule has 3 aromatic rings. The molecule has 0 unspecified atom stereocenters. The maximum atomic E-state index is 13.8. The minimum absolute atomic E-state index is 0.160. The molecular weight excluding hydrogens is 569 g/mol. The summed E-state index contributed by atoms with van der Waals surface area (Å²) in [5, 5.41) is 1.79. The first-order valence-corrected chi connectivity index (χ1v) is 12.8. The Balaban J connectivity index is 1.62. The standard InChI is InChI=1S/C26H20BrCl2N3O4/c1-2-36-20-9-4-3-8-17(20)22-21-23(32(30-22)24(33)14-6-5-7-15(27)12-14)26(35)31(25(21)34)19-11-10-16(28)13-18(19)29/h3-13,21-23,30H,2H2,1H3/t21-,22+,23+/m1/s1.